The van der Waals surface area contributed by atoms with Gasteiger partial charge in [0.25, 0.3) is 0 Å². The molecule has 106 valence electrons. The zero-order valence-electron chi connectivity index (χ0n) is 11.1. The summed E-state index contributed by atoms with van der Waals surface area (Å²) in [5.74, 6) is -0.233. The van der Waals surface area contributed by atoms with Crippen LogP contribution in [0.5, 0.6) is 11.5 Å². The number of carbonyl (C=O) groups is 1. The highest BCUT2D eigenvalue weighted by atomic mass is 35.5. The van der Waals surface area contributed by atoms with Gasteiger partial charge in [-0.3, -0.25) is 0 Å². The van der Waals surface area contributed by atoms with Crippen LogP contribution in [0, 0.1) is 6.92 Å². The highest BCUT2D eigenvalue weighted by molar-refractivity contribution is 7.15. The SMILES string of the molecule is COc1ccc(-c2sc(C)nc2C(=O)O)c(Cl)c1OC. The number of hydrogen-bond donors (Lipinski definition) is 1. The molecule has 7 heteroatoms. The maximum absolute atomic E-state index is 11.2. The van der Waals surface area contributed by atoms with E-state index in [0.717, 1.165) is 0 Å². The van der Waals surface area contributed by atoms with Crippen molar-refractivity contribution in [2.45, 2.75) is 6.92 Å². The first-order chi connectivity index (χ1) is 9.49. The second-order valence-corrected chi connectivity index (χ2v) is 5.46. The van der Waals surface area contributed by atoms with Crippen LogP contribution in [-0.4, -0.2) is 30.3 Å². The van der Waals surface area contributed by atoms with Gasteiger partial charge in [-0.25, -0.2) is 9.78 Å². The van der Waals surface area contributed by atoms with Gasteiger partial charge in [0.1, 0.15) is 0 Å². The molecule has 0 atom stereocenters. The van der Waals surface area contributed by atoms with Crippen molar-refractivity contribution in [3.63, 3.8) is 0 Å². The van der Waals surface area contributed by atoms with Crippen LogP contribution in [0.25, 0.3) is 10.4 Å². The summed E-state index contributed by atoms with van der Waals surface area (Å²) < 4.78 is 10.4. The summed E-state index contributed by atoms with van der Waals surface area (Å²) in [6.45, 7) is 1.75. The smallest absolute Gasteiger partial charge is 0.356 e. The number of aryl methyl sites for hydroxylation is 1. The van der Waals surface area contributed by atoms with Gasteiger partial charge in [0.05, 0.1) is 29.1 Å². The Labute approximate surface area is 124 Å². The van der Waals surface area contributed by atoms with Gasteiger partial charge in [0.2, 0.25) is 0 Å². The van der Waals surface area contributed by atoms with E-state index in [1.165, 1.54) is 25.6 Å². The quantitative estimate of drug-likeness (QED) is 0.935. The largest absolute Gasteiger partial charge is 0.493 e. The lowest BCUT2D eigenvalue weighted by Gasteiger charge is -2.12. The summed E-state index contributed by atoms with van der Waals surface area (Å²) in [4.78, 5) is 15.8. The first kappa shape index (κ1) is 14.6. The third kappa shape index (κ3) is 2.44. The number of ether oxygens (including phenoxy) is 2. The summed E-state index contributed by atoms with van der Waals surface area (Å²) in [5, 5.41) is 10.2. The number of halogens is 1. The number of carboxylic acids is 1. The summed E-state index contributed by atoms with van der Waals surface area (Å²) in [5.41, 5.74) is 0.550. The fourth-order valence-electron chi connectivity index (χ4n) is 1.82. The van der Waals surface area contributed by atoms with Gasteiger partial charge in [-0.15, -0.1) is 11.3 Å². The first-order valence-corrected chi connectivity index (χ1v) is 6.80. The fraction of sp³-hybridized carbons (Fsp3) is 0.231. The zero-order chi connectivity index (χ0) is 14.9. The number of nitrogens with zero attached hydrogens (tertiary/aromatic N) is 1. The van der Waals surface area contributed by atoms with Crippen molar-refractivity contribution in [1.29, 1.82) is 0 Å². The second-order valence-electron chi connectivity index (χ2n) is 3.88. The predicted octanol–water partition coefficient (Wildman–Crippen LogP) is 3.49. The highest BCUT2D eigenvalue weighted by Gasteiger charge is 2.22. The molecule has 2 aromatic rings. The van der Waals surface area contributed by atoms with Crippen molar-refractivity contribution in [3.05, 3.63) is 27.9 Å². The van der Waals surface area contributed by atoms with Crippen LogP contribution in [-0.2, 0) is 0 Å². The van der Waals surface area contributed by atoms with Crippen LogP contribution < -0.4 is 9.47 Å². The number of methoxy groups -OCH3 is 2. The Morgan fingerprint density at radius 2 is 2.05 bits per heavy atom. The van der Waals surface area contributed by atoms with Crippen molar-refractivity contribution in [2.75, 3.05) is 14.2 Å². The van der Waals surface area contributed by atoms with Crippen LogP contribution in [0.15, 0.2) is 12.1 Å². The number of thiazole rings is 1. The molecule has 0 spiro atoms. The number of benzene rings is 1. The molecule has 1 N–H and O–H groups in total. The van der Waals surface area contributed by atoms with Gasteiger partial charge in [-0.1, -0.05) is 11.6 Å². The summed E-state index contributed by atoms with van der Waals surface area (Å²) >= 11 is 7.56. The van der Waals surface area contributed by atoms with Crippen LogP contribution in [0.4, 0.5) is 0 Å². The Morgan fingerprint density at radius 1 is 1.35 bits per heavy atom. The molecule has 1 aromatic heterocycles. The third-order valence-electron chi connectivity index (χ3n) is 2.67. The Hall–Kier alpha value is -1.79. The topological polar surface area (TPSA) is 68.7 Å². The van der Waals surface area contributed by atoms with E-state index >= 15 is 0 Å². The normalized spacial score (nSPS) is 10.4. The number of hydrogen-bond acceptors (Lipinski definition) is 5. The molecular formula is C13H12ClNO4S. The minimum absolute atomic E-state index is 0.0124. The Bertz CT molecular complexity index is 669. The number of aromatic carboxylic acids is 1. The molecule has 0 bridgehead atoms. The molecular weight excluding hydrogens is 302 g/mol. The van der Waals surface area contributed by atoms with E-state index in [2.05, 4.69) is 4.98 Å². The van der Waals surface area contributed by atoms with E-state index in [4.69, 9.17) is 21.1 Å². The van der Waals surface area contributed by atoms with E-state index < -0.39 is 5.97 Å². The number of carboxylic acid groups (broad SMARTS) is 1. The molecule has 0 fully saturated rings. The first-order valence-electron chi connectivity index (χ1n) is 5.61. The van der Waals surface area contributed by atoms with Gasteiger partial charge in [-0.2, -0.15) is 0 Å². The third-order valence-corrected chi connectivity index (χ3v) is 4.05. The summed E-state index contributed by atoms with van der Waals surface area (Å²) in [7, 11) is 2.98. The van der Waals surface area contributed by atoms with E-state index in [-0.39, 0.29) is 5.69 Å². The molecule has 1 heterocycles. The average Bonchev–Trinajstić information content (AvgIpc) is 2.80. The van der Waals surface area contributed by atoms with Gasteiger partial charge < -0.3 is 14.6 Å². The van der Waals surface area contributed by atoms with Crippen molar-refractivity contribution in [3.8, 4) is 21.9 Å². The molecule has 2 rings (SSSR count). The maximum atomic E-state index is 11.2. The van der Waals surface area contributed by atoms with Crippen molar-refractivity contribution in [2.24, 2.45) is 0 Å². The maximum Gasteiger partial charge on any atom is 0.356 e. The van der Waals surface area contributed by atoms with Crippen LogP contribution in [0.1, 0.15) is 15.5 Å². The molecule has 0 amide bonds. The summed E-state index contributed by atoms with van der Waals surface area (Å²) in [6, 6.07) is 3.38. The minimum atomic E-state index is -1.09. The van der Waals surface area contributed by atoms with E-state index in [1.807, 2.05) is 0 Å². The average molecular weight is 314 g/mol. The minimum Gasteiger partial charge on any atom is -0.493 e. The van der Waals surface area contributed by atoms with Gasteiger partial charge in [-0.05, 0) is 19.1 Å². The molecule has 0 aliphatic heterocycles. The summed E-state index contributed by atoms with van der Waals surface area (Å²) in [6.07, 6.45) is 0. The highest BCUT2D eigenvalue weighted by Crippen LogP contribution is 2.44. The Kier molecular flexibility index (Phi) is 4.15. The van der Waals surface area contributed by atoms with E-state index in [9.17, 15) is 9.90 Å². The molecule has 0 unspecified atom stereocenters. The van der Waals surface area contributed by atoms with Crippen molar-refractivity contribution >= 4 is 28.9 Å². The van der Waals surface area contributed by atoms with Gasteiger partial charge >= 0.3 is 5.97 Å². The molecule has 0 saturated heterocycles. The lowest BCUT2D eigenvalue weighted by molar-refractivity contribution is 0.0692. The Morgan fingerprint density at radius 3 is 2.60 bits per heavy atom. The lowest BCUT2D eigenvalue weighted by atomic mass is 10.1. The molecule has 0 radical (unpaired) electrons. The molecule has 1 aromatic carbocycles. The second kappa shape index (κ2) is 5.68. The fourth-order valence-corrected chi connectivity index (χ4v) is 3.15. The molecule has 0 aliphatic carbocycles. The number of aromatic nitrogens is 1. The number of rotatable bonds is 4. The van der Waals surface area contributed by atoms with Crippen LogP contribution in [0.2, 0.25) is 5.02 Å². The van der Waals surface area contributed by atoms with Gasteiger partial charge in [0, 0.05) is 5.56 Å². The Balaban J connectivity index is 2.68. The molecule has 5 nitrogen and oxygen atoms in total. The van der Waals surface area contributed by atoms with E-state index in [0.29, 0.717) is 32.0 Å². The standard InChI is InChI=1S/C13H12ClNO4S/c1-6-15-10(13(16)17)12(20-6)7-4-5-8(18-2)11(19-3)9(7)14/h4-5H,1-3H3,(H,16,17). The van der Waals surface area contributed by atoms with Crippen LogP contribution >= 0.6 is 22.9 Å². The predicted molar refractivity (Wildman–Crippen MR) is 77.4 cm³/mol. The molecule has 20 heavy (non-hydrogen) atoms. The van der Waals surface area contributed by atoms with Crippen molar-refractivity contribution in [1.82, 2.24) is 4.98 Å². The van der Waals surface area contributed by atoms with Gasteiger partial charge in [0.15, 0.2) is 17.2 Å². The molecule has 0 aliphatic rings. The lowest BCUT2D eigenvalue weighted by Crippen LogP contribution is -1.99. The molecule has 0 saturated carbocycles. The zero-order valence-corrected chi connectivity index (χ0v) is 12.6. The van der Waals surface area contributed by atoms with Crippen molar-refractivity contribution < 1.29 is 19.4 Å². The van der Waals surface area contributed by atoms with E-state index in [1.54, 1.807) is 19.1 Å². The monoisotopic (exact) mass is 313 g/mol. The van der Waals surface area contributed by atoms with Crippen LogP contribution in [0.3, 0.4) is 0 Å².